The zero-order valence-electron chi connectivity index (χ0n) is 18.4. The predicted molar refractivity (Wildman–Crippen MR) is 122 cm³/mol. The number of aromatic nitrogens is 3. The number of carboxylic acid groups (broad SMARTS) is 1. The van der Waals surface area contributed by atoms with Crippen molar-refractivity contribution in [3.05, 3.63) is 94.8 Å². The summed E-state index contributed by atoms with van der Waals surface area (Å²) >= 11 is 0. The van der Waals surface area contributed by atoms with Gasteiger partial charge in [0.2, 0.25) is 0 Å². The van der Waals surface area contributed by atoms with E-state index in [0.717, 1.165) is 12.1 Å². The maximum absolute atomic E-state index is 13.2. The van der Waals surface area contributed by atoms with Gasteiger partial charge in [-0.15, -0.1) is 0 Å². The van der Waals surface area contributed by atoms with E-state index in [9.17, 15) is 22.8 Å². The first-order valence-corrected chi connectivity index (χ1v) is 10.7. The van der Waals surface area contributed by atoms with Crippen molar-refractivity contribution in [1.29, 1.82) is 0 Å². The van der Waals surface area contributed by atoms with Gasteiger partial charge in [-0.2, -0.15) is 18.3 Å². The molecule has 5 aromatic rings. The monoisotopic (exact) mass is 494 g/mol. The van der Waals surface area contributed by atoms with Crippen LogP contribution in [0, 0.1) is 0 Å². The fourth-order valence-corrected chi connectivity index (χ4v) is 3.92. The number of halogens is 3. The Bertz CT molecular complexity index is 1590. The normalized spacial score (nSPS) is 11.8. The van der Waals surface area contributed by atoms with Gasteiger partial charge >= 0.3 is 12.1 Å². The van der Waals surface area contributed by atoms with Crippen molar-refractivity contribution in [1.82, 2.24) is 20.3 Å². The Kier molecular flexibility index (Phi) is 5.67. The van der Waals surface area contributed by atoms with Crippen molar-refractivity contribution < 1.29 is 32.4 Å². The van der Waals surface area contributed by atoms with Crippen LogP contribution in [0.15, 0.2) is 71.5 Å². The minimum absolute atomic E-state index is 0.123. The van der Waals surface area contributed by atoms with Crippen molar-refractivity contribution in [2.75, 3.05) is 0 Å². The van der Waals surface area contributed by atoms with E-state index in [2.05, 4.69) is 15.6 Å². The summed E-state index contributed by atoms with van der Waals surface area (Å²) in [6.07, 6.45) is -1.44. The molecule has 2 aromatic heterocycles. The Balaban J connectivity index is 1.46. The largest absolute Gasteiger partial charge is 0.478 e. The third-order valence-electron chi connectivity index (χ3n) is 5.75. The van der Waals surface area contributed by atoms with Crippen LogP contribution in [0.1, 0.15) is 37.4 Å². The second-order valence-electron chi connectivity index (χ2n) is 8.11. The molecule has 8 nitrogen and oxygen atoms in total. The average molecular weight is 494 g/mol. The van der Waals surface area contributed by atoms with Crippen LogP contribution < -0.4 is 5.32 Å². The predicted octanol–water partition coefficient (Wildman–Crippen LogP) is 4.87. The molecule has 0 unspecified atom stereocenters. The SMILES string of the molecule is O=C(O)c1ccc(CNC(=O)c2cc3cnoc3c3cnn(Cc4ccc(C(F)(F)F)cc4)c23)cc1. The number of amides is 1. The fourth-order valence-electron chi connectivity index (χ4n) is 3.92. The molecule has 0 aliphatic rings. The Morgan fingerprint density at radius 2 is 1.69 bits per heavy atom. The van der Waals surface area contributed by atoms with E-state index in [1.807, 2.05) is 0 Å². The van der Waals surface area contributed by atoms with Crippen molar-refractivity contribution in [3.63, 3.8) is 0 Å². The molecular formula is C25H17F3N4O4. The van der Waals surface area contributed by atoms with Crippen molar-refractivity contribution in [2.45, 2.75) is 19.3 Å². The first kappa shape index (κ1) is 23.1. The van der Waals surface area contributed by atoms with Gasteiger partial charge in [-0.1, -0.05) is 29.4 Å². The number of hydrogen-bond acceptors (Lipinski definition) is 5. The van der Waals surface area contributed by atoms with Gasteiger partial charge in [0.25, 0.3) is 5.91 Å². The molecule has 0 radical (unpaired) electrons. The lowest BCUT2D eigenvalue weighted by Crippen LogP contribution is -2.23. The van der Waals surface area contributed by atoms with Gasteiger partial charge in [-0.3, -0.25) is 9.48 Å². The molecule has 0 fully saturated rings. The molecule has 0 aliphatic carbocycles. The number of carboxylic acids is 1. The molecule has 2 N–H and O–H groups in total. The topological polar surface area (TPSA) is 110 Å². The summed E-state index contributed by atoms with van der Waals surface area (Å²) < 4.78 is 45.6. The number of aromatic carboxylic acids is 1. The first-order valence-electron chi connectivity index (χ1n) is 10.7. The molecule has 0 saturated carbocycles. The van der Waals surface area contributed by atoms with Crippen LogP contribution in [-0.4, -0.2) is 31.9 Å². The van der Waals surface area contributed by atoms with E-state index in [4.69, 9.17) is 9.63 Å². The van der Waals surface area contributed by atoms with Crippen molar-refractivity contribution >= 4 is 33.7 Å². The lowest BCUT2D eigenvalue weighted by atomic mass is 10.1. The molecule has 5 rings (SSSR count). The highest BCUT2D eigenvalue weighted by Crippen LogP contribution is 2.31. The maximum Gasteiger partial charge on any atom is 0.416 e. The van der Waals surface area contributed by atoms with Crippen molar-refractivity contribution in [2.24, 2.45) is 0 Å². The molecule has 0 aliphatic heterocycles. The van der Waals surface area contributed by atoms with Crippen LogP contribution in [0.2, 0.25) is 0 Å². The van der Waals surface area contributed by atoms with E-state index >= 15 is 0 Å². The summed E-state index contributed by atoms with van der Waals surface area (Å²) in [5, 5.41) is 21.1. The maximum atomic E-state index is 13.2. The molecule has 11 heteroatoms. The third kappa shape index (κ3) is 4.38. The van der Waals surface area contributed by atoms with Crippen LogP contribution in [0.25, 0.3) is 21.9 Å². The number of hydrogen-bond donors (Lipinski definition) is 2. The van der Waals surface area contributed by atoms with Gasteiger partial charge < -0.3 is 14.9 Å². The van der Waals surface area contributed by atoms with Gasteiger partial charge in [-0.25, -0.2) is 4.79 Å². The van der Waals surface area contributed by atoms with Crippen LogP contribution in [0.4, 0.5) is 13.2 Å². The minimum atomic E-state index is -4.44. The van der Waals surface area contributed by atoms with Crippen LogP contribution in [0.5, 0.6) is 0 Å². The number of carbonyl (C=O) groups excluding carboxylic acids is 1. The number of alkyl halides is 3. The Hall–Kier alpha value is -4.67. The third-order valence-corrected chi connectivity index (χ3v) is 5.75. The molecule has 0 saturated heterocycles. The van der Waals surface area contributed by atoms with Gasteiger partial charge in [0.05, 0.1) is 46.5 Å². The molecule has 3 aromatic carbocycles. The van der Waals surface area contributed by atoms with Gasteiger partial charge in [-0.05, 0) is 41.5 Å². The Morgan fingerprint density at radius 1 is 1.00 bits per heavy atom. The molecule has 36 heavy (non-hydrogen) atoms. The van der Waals surface area contributed by atoms with Gasteiger partial charge in [0, 0.05) is 11.9 Å². The van der Waals surface area contributed by atoms with E-state index in [1.54, 1.807) is 18.2 Å². The first-order chi connectivity index (χ1) is 17.2. The molecule has 0 bridgehead atoms. The molecule has 0 atom stereocenters. The van der Waals surface area contributed by atoms with Crippen molar-refractivity contribution in [3.8, 4) is 0 Å². The van der Waals surface area contributed by atoms with E-state index in [-0.39, 0.29) is 24.2 Å². The standard InChI is InChI=1S/C25H17F3N4O4/c26-25(27,28)18-7-3-15(4-8-18)13-32-21-19(9-17-11-31-36-22(17)20(21)12-30-32)23(33)29-10-14-1-5-16(6-2-14)24(34)35/h1-9,11-12H,10,13H2,(H,29,33)(H,34,35). The van der Waals surface area contributed by atoms with Crippen LogP contribution >= 0.6 is 0 Å². The Labute approximate surface area is 200 Å². The average Bonchev–Trinajstić information content (AvgIpc) is 3.49. The number of rotatable bonds is 6. The molecular weight excluding hydrogens is 477 g/mol. The number of fused-ring (bicyclic) bond motifs is 3. The molecule has 2 heterocycles. The summed E-state index contributed by atoms with van der Waals surface area (Å²) in [6, 6.07) is 12.5. The highest BCUT2D eigenvalue weighted by molar-refractivity contribution is 6.14. The molecule has 182 valence electrons. The zero-order valence-corrected chi connectivity index (χ0v) is 18.4. The number of nitrogens with zero attached hydrogens (tertiary/aromatic N) is 3. The summed E-state index contributed by atoms with van der Waals surface area (Å²) in [5.41, 5.74) is 1.81. The number of carbonyl (C=O) groups is 2. The second-order valence-corrected chi connectivity index (χ2v) is 8.11. The Morgan fingerprint density at radius 3 is 2.36 bits per heavy atom. The molecule has 0 spiro atoms. The fraction of sp³-hybridized carbons (Fsp3) is 0.120. The molecule has 1 amide bonds. The number of nitrogens with one attached hydrogen (secondary N) is 1. The highest BCUT2D eigenvalue weighted by Gasteiger charge is 2.30. The van der Waals surface area contributed by atoms with Crippen LogP contribution in [0.3, 0.4) is 0 Å². The van der Waals surface area contributed by atoms with Gasteiger partial charge in [0.15, 0.2) is 5.58 Å². The van der Waals surface area contributed by atoms with E-state index < -0.39 is 23.6 Å². The smallest absolute Gasteiger partial charge is 0.416 e. The summed E-state index contributed by atoms with van der Waals surface area (Å²) in [7, 11) is 0. The lowest BCUT2D eigenvalue weighted by Gasteiger charge is -2.11. The quantitative estimate of drug-likeness (QED) is 0.348. The highest BCUT2D eigenvalue weighted by atomic mass is 19.4. The van der Waals surface area contributed by atoms with Crippen LogP contribution in [-0.2, 0) is 19.3 Å². The van der Waals surface area contributed by atoms with E-state index in [0.29, 0.717) is 33.0 Å². The zero-order chi connectivity index (χ0) is 25.4. The second kappa shape index (κ2) is 8.84. The summed E-state index contributed by atoms with van der Waals surface area (Å²) in [6.45, 7) is 0.271. The summed E-state index contributed by atoms with van der Waals surface area (Å²) in [5.74, 6) is -1.46. The minimum Gasteiger partial charge on any atom is -0.478 e. The van der Waals surface area contributed by atoms with E-state index in [1.165, 1.54) is 41.3 Å². The van der Waals surface area contributed by atoms with Gasteiger partial charge in [0.1, 0.15) is 0 Å². The summed E-state index contributed by atoms with van der Waals surface area (Å²) in [4.78, 5) is 24.2. The number of benzene rings is 3. The lowest BCUT2D eigenvalue weighted by molar-refractivity contribution is -0.137.